The summed E-state index contributed by atoms with van der Waals surface area (Å²) in [7, 11) is 2.14. The lowest BCUT2D eigenvalue weighted by Crippen LogP contribution is -2.51. The fourth-order valence-electron chi connectivity index (χ4n) is 2.34. The van der Waals surface area contributed by atoms with Crippen LogP contribution in [-0.4, -0.2) is 35.7 Å². The van der Waals surface area contributed by atoms with Crippen molar-refractivity contribution >= 4 is 0 Å². The van der Waals surface area contributed by atoms with Crippen LogP contribution in [0.1, 0.15) is 19.3 Å². The van der Waals surface area contributed by atoms with E-state index in [0.29, 0.717) is 5.92 Å². The Bertz CT molecular complexity index is 202. The fraction of sp³-hybridized carbons (Fsp3) is 0.800. The van der Waals surface area contributed by atoms with Crippen molar-refractivity contribution in [2.45, 2.75) is 24.9 Å². The van der Waals surface area contributed by atoms with Crippen molar-refractivity contribution in [2.24, 2.45) is 5.92 Å². The van der Waals surface area contributed by atoms with E-state index in [1.807, 2.05) is 0 Å². The Morgan fingerprint density at radius 1 is 1.50 bits per heavy atom. The first-order chi connectivity index (χ1) is 5.71. The maximum atomic E-state index is 10.2. The lowest BCUT2D eigenvalue weighted by atomic mass is 9.74. The molecule has 2 atom stereocenters. The van der Waals surface area contributed by atoms with E-state index in [2.05, 4.69) is 24.1 Å². The Hall–Kier alpha value is -0.340. The number of likely N-dealkylation sites (tertiary alicyclic amines) is 1. The van der Waals surface area contributed by atoms with E-state index in [9.17, 15) is 5.11 Å². The van der Waals surface area contributed by atoms with E-state index in [1.165, 1.54) is 0 Å². The average molecular weight is 167 g/mol. The van der Waals surface area contributed by atoms with Crippen molar-refractivity contribution in [2.75, 3.05) is 20.1 Å². The van der Waals surface area contributed by atoms with Gasteiger partial charge in [-0.25, -0.2) is 0 Å². The van der Waals surface area contributed by atoms with E-state index in [0.717, 1.165) is 32.4 Å². The van der Waals surface area contributed by atoms with Crippen LogP contribution in [0.15, 0.2) is 12.2 Å². The van der Waals surface area contributed by atoms with E-state index in [1.54, 1.807) is 0 Å². The lowest BCUT2D eigenvalue weighted by molar-refractivity contribution is -0.0673. The van der Waals surface area contributed by atoms with E-state index >= 15 is 0 Å². The molecule has 0 radical (unpaired) electrons. The molecule has 1 aliphatic heterocycles. The molecule has 0 saturated carbocycles. The summed E-state index contributed by atoms with van der Waals surface area (Å²) in [5.74, 6) is 0.473. The first-order valence-corrected chi connectivity index (χ1v) is 4.77. The smallest absolute Gasteiger partial charge is 0.0737 e. The van der Waals surface area contributed by atoms with Crippen molar-refractivity contribution in [1.82, 2.24) is 4.90 Å². The number of piperidine rings is 1. The molecule has 0 aromatic heterocycles. The number of fused-ring (bicyclic) bond motifs is 1. The zero-order valence-corrected chi connectivity index (χ0v) is 7.66. The summed E-state index contributed by atoms with van der Waals surface area (Å²) in [5.41, 5.74) is -0.374. The Labute approximate surface area is 73.9 Å². The molecule has 0 amide bonds. The van der Waals surface area contributed by atoms with Crippen LogP contribution < -0.4 is 0 Å². The Balaban J connectivity index is 2.13. The maximum Gasteiger partial charge on any atom is 0.0737 e. The molecule has 2 nitrogen and oxygen atoms in total. The zero-order chi connectivity index (χ0) is 8.60. The third kappa shape index (κ3) is 1.29. The second-order valence-electron chi connectivity index (χ2n) is 4.22. The summed E-state index contributed by atoms with van der Waals surface area (Å²) >= 11 is 0. The number of rotatable bonds is 0. The maximum absolute atomic E-state index is 10.2. The fourth-order valence-corrected chi connectivity index (χ4v) is 2.34. The van der Waals surface area contributed by atoms with Crippen LogP contribution in [0.5, 0.6) is 0 Å². The van der Waals surface area contributed by atoms with E-state index in [4.69, 9.17) is 0 Å². The standard InChI is InChI=1S/C10H17NO/c1-11-7-6-10(12)5-3-2-4-9(10)8-11/h2-3,9,12H,4-8H2,1H3/t9-,10+/m1/s1. The molecule has 1 N–H and O–H groups in total. The molecule has 2 heteroatoms. The molecule has 1 saturated heterocycles. The van der Waals surface area contributed by atoms with Crippen LogP contribution in [0.3, 0.4) is 0 Å². The van der Waals surface area contributed by atoms with Crippen molar-refractivity contribution in [3.05, 3.63) is 12.2 Å². The van der Waals surface area contributed by atoms with Gasteiger partial charge in [-0.2, -0.15) is 0 Å². The summed E-state index contributed by atoms with van der Waals surface area (Å²) in [6.45, 7) is 2.10. The third-order valence-corrected chi connectivity index (χ3v) is 3.28. The van der Waals surface area contributed by atoms with Crippen molar-refractivity contribution in [3.63, 3.8) is 0 Å². The summed E-state index contributed by atoms with van der Waals surface area (Å²) in [6, 6.07) is 0. The molecule has 2 rings (SSSR count). The number of hydrogen-bond acceptors (Lipinski definition) is 2. The van der Waals surface area contributed by atoms with Gasteiger partial charge in [0.05, 0.1) is 5.60 Å². The molecular formula is C10H17NO. The zero-order valence-electron chi connectivity index (χ0n) is 7.66. The molecule has 2 aliphatic rings. The summed E-state index contributed by atoms with van der Waals surface area (Å²) in [4.78, 5) is 2.32. The van der Waals surface area contributed by atoms with Gasteiger partial charge in [-0.3, -0.25) is 0 Å². The highest BCUT2D eigenvalue weighted by Gasteiger charge is 2.40. The predicted molar refractivity (Wildman–Crippen MR) is 48.9 cm³/mol. The molecule has 12 heavy (non-hydrogen) atoms. The number of allylic oxidation sites excluding steroid dienone is 1. The second-order valence-corrected chi connectivity index (χ2v) is 4.22. The minimum Gasteiger partial charge on any atom is -0.389 e. The third-order valence-electron chi connectivity index (χ3n) is 3.28. The van der Waals surface area contributed by atoms with Crippen LogP contribution in [0.4, 0.5) is 0 Å². The predicted octanol–water partition coefficient (Wildman–Crippen LogP) is 1.02. The first-order valence-electron chi connectivity index (χ1n) is 4.77. The van der Waals surface area contributed by atoms with Gasteiger partial charge in [-0.1, -0.05) is 12.2 Å². The van der Waals surface area contributed by atoms with Gasteiger partial charge in [-0.15, -0.1) is 0 Å². The molecule has 1 heterocycles. The van der Waals surface area contributed by atoms with Gasteiger partial charge in [0.15, 0.2) is 0 Å². The van der Waals surface area contributed by atoms with Gasteiger partial charge in [0.25, 0.3) is 0 Å². The van der Waals surface area contributed by atoms with Crippen molar-refractivity contribution < 1.29 is 5.11 Å². The number of aliphatic hydroxyl groups is 1. The van der Waals surface area contributed by atoms with E-state index < -0.39 is 0 Å². The SMILES string of the molecule is CN1CC[C@@]2(O)CC=CC[C@@H]2C1. The molecule has 1 fully saturated rings. The highest BCUT2D eigenvalue weighted by atomic mass is 16.3. The summed E-state index contributed by atoms with van der Waals surface area (Å²) < 4.78 is 0. The largest absolute Gasteiger partial charge is 0.389 e. The molecule has 0 aromatic carbocycles. The van der Waals surface area contributed by atoms with Crippen LogP contribution >= 0.6 is 0 Å². The van der Waals surface area contributed by atoms with Gasteiger partial charge >= 0.3 is 0 Å². The van der Waals surface area contributed by atoms with Gasteiger partial charge < -0.3 is 10.0 Å². The monoisotopic (exact) mass is 167 g/mol. The Morgan fingerprint density at radius 2 is 2.33 bits per heavy atom. The average Bonchev–Trinajstić information content (AvgIpc) is 2.06. The number of hydrogen-bond donors (Lipinski definition) is 1. The summed E-state index contributed by atoms with van der Waals surface area (Å²) in [5, 5.41) is 10.2. The Morgan fingerprint density at radius 3 is 3.17 bits per heavy atom. The second kappa shape index (κ2) is 2.86. The van der Waals surface area contributed by atoms with Gasteiger partial charge in [0.2, 0.25) is 0 Å². The quantitative estimate of drug-likeness (QED) is 0.544. The molecule has 0 bridgehead atoms. The summed E-state index contributed by atoms with van der Waals surface area (Å²) in [6.07, 6.45) is 7.20. The van der Waals surface area contributed by atoms with Crippen LogP contribution in [0.25, 0.3) is 0 Å². The molecule has 0 aromatic rings. The highest BCUT2D eigenvalue weighted by molar-refractivity contribution is 5.05. The Kier molecular flexibility index (Phi) is 1.97. The normalized spacial score (nSPS) is 42.7. The van der Waals surface area contributed by atoms with Crippen molar-refractivity contribution in [3.8, 4) is 0 Å². The van der Waals surface area contributed by atoms with Gasteiger partial charge in [0, 0.05) is 19.0 Å². The lowest BCUT2D eigenvalue weighted by Gasteiger charge is -2.44. The van der Waals surface area contributed by atoms with Gasteiger partial charge in [-0.05, 0) is 26.3 Å². The first kappa shape index (κ1) is 8.27. The molecule has 68 valence electrons. The topological polar surface area (TPSA) is 23.5 Å². The highest BCUT2D eigenvalue weighted by Crippen LogP contribution is 2.36. The molecule has 0 spiro atoms. The molecule has 0 unspecified atom stereocenters. The van der Waals surface area contributed by atoms with Gasteiger partial charge in [0.1, 0.15) is 0 Å². The van der Waals surface area contributed by atoms with Crippen LogP contribution in [0, 0.1) is 5.92 Å². The number of nitrogens with zero attached hydrogens (tertiary/aromatic N) is 1. The minimum absolute atomic E-state index is 0.374. The molecular weight excluding hydrogens is 150 g/mol. The minimum atomic E-state index is -0.374. The van der Waals surface area contributed by atoms with Crippen LogP contribution in [0.2, 0.25) is 0 Å². The molecule has 1 aliphatic carbocycles. The van der Waals surface area contributed by atoms with Crippen LogP contribution in [-0.2, 0) is 0 Å². The van der Waals surface area contributed by atoms with E-state index in [-0.39, 0.29) is 5.60 Å². The van der Waals surface area contributed by atoms with Crippen molar-refractivity contribution in [1.29, 1.82) is 0 Å².